The summed E-state index contributed by atoms with van der Waals surface area (Å²) in [5, 5.41) is 2.49. The summed E-state index contributed by atoms with van der Waals surface area (Å²) in [6, 6.07) is 16.9. The van der Waals surface area contributed by atoms with Gasteiger partial charge in [-0.15, -0.1) is 11.3 Å². The highest BCUT2D eigenvalue weighted by Crippen LogP contribution is 2.33. The zero-order valence-electron chi connectivity index (χ0n) is 10.6. The average molecular weight is 332 g/mol. The fourth-order valence-corrected chi connectivity index (χ4v) is 3.80. The van der Waals surface area contributed by atoms with Gasteiger partial charge in [0.1, 0.15) is 0 Å². The maximum atomic E-state index is 6.38. The van der Waals surface area contributed by atoms with Gasteiger partial charge in [0.25, 0.3) is 0 Å². The third kappa shape index (κ3) is 2.46. The quantitative estimate of drug-likeness (QED) is 0.700. The molecule has 2 aromatic carbocycles. The van der Waals surface area contributed by atoms with E-state index in [0.29, 0.717) is 0 Å². The predicted octanol–water partition coefficient (Wildman–Crippen LogP) is 5.02. The number of aryl methyl sites for hydroxylation is 1. The molecule has 3 heteroatoms. The number of hydrogen-bond acceptors (Lipinski definition) is 2. The summed E-state index contributed by atoms with van der Waals surface area (Å²) in [5.74, 6) is 0. The maximum absolute atomic E-state index is 6.38. The predicted molar refractivity (Wildman–Crippen MR) is 86.7 cm³/mol. The van der Waals surface area contributed by atoms with Crippen LogP contribution in [0.1, 0.15) is 22.0 Å². The van der Waals surface area contributed by atoms with Gasteiger partial charge in [0, 0.05) is 4.88 Å². The lowest BCUT2D eigenvalue weighted by Crippen LogP contribution is -2.09. The molecule has 0 bridgehead atoms. The van der Waals surface area contributed by atoms with Crippen molar-refractivity contribution < 1.29 is 0 Å². The molecule has 0 radical (unpaired) electrons. The Kier molecular flexibility index (Phi) is 3.44. The van der Waals surface area contributed by atoms with Crippen LogP contribution in [0, 0.1) is 6.92 Å². The van der Waals surface area contributed by atoms with Crippen molar-refractivity contribution in [1.82, 2.24) is 0 Å². The number of nitrogens with two attached hydrogens (primary N) is 1. The minimum Gasteiger partial charge on any atom is -0.320 e. The fourth-order valence-electron chi connectivity index (χ4n) is 2.20. The summed E-state index contributed by atoms with van der Waals surface area (Å²) >= 11 is 5.27. The highest BCUT2D eigenvalue weighted by Gasteiger charge is 2.13. The zero-order chi connectivity index (χ0) is 13.4. The normalized spacial score (nSPS) is 12.8. The Hall–Kier alpha value is -1.16. The second-order valence-corrected chi connectivity index (χ2v) is 7.09. The second-order valence-electron chi connectivity index (χ2n) is 4.69. The first-order valence-electron chi connectivity index (χ1n) is 6.15. The van der Waals surface area contributed by atoms with Crippen LogP contribution >= 0.6 is 27.3 Å². The standard InChI is InChI=1S/C16H14BrNS/c1-10-8-14(19-16(10)17)15(18)13-7-6-11-4-2-3-5-12(11)9-13/h2-9,15H,18H2,1H3. The first-order chi connectivity index (χ1) is 9.15. The average Bonchev–Trinajstić information content (AvgIpc) is 2.77. The monoisotopic (exact) mass is 331 g/mol. The van der Waals surface area contributed by atoms with Crippen LogP contribution in [-0.2, 0) is 0 Å². The van der Waals surface area contributed by atoms with E-state index in [-0.39, 0.29) is 6.04 Å². The summed E-state index contributed by atoms with van der Waals surface area (Å²) < 4.78 is 1.17. The maximum Gasteiger partial charge on any atom is 0.0731 e. The molecule has 96 valence electrons. The lowest BCUT2D eigenvalue weighted by molar-refractivity contribution is 0.895. The minimum absolute atomic E-state index is 0.0559. The van der Waals surface area contributed by atoms with Crippen molar-refractivity contribution in [3.63, 3.8) is 0 Å². The zero-order valence-corrected chi connectivity index (χ0v) is 13.0. The third-order valence-corrected chi connectivity index (χ3v) is 5.54. The molecule has 0 aliphatic heterocycles. The highest BCUT2D eigenvalue weighted by molar-refractivity contribution is 9.11. The first kappa shape index (κ1) is 12.9. The van der Waals surface area contributed by atoms with E-state index >= 15 is 0 Å². The van der Waals surface area contributed by atoms with Gasteiger partial charge in [-0.05, 0) is 56.9 Å². The Bertz CT molecular complexity index is 713. The summed E-state index contributed by atoms with van der Waals surface area (Å²) in [6.07, 6.45) is 0. The molecule has 0 saturated carbocycles. The van der Waals surface area contributed by atoms with E-state index in [0.717, 1.165) is 5.56 Å². The highest BCUT2D eigenvalue weighted by atomic mass is 79.9. The molecule has 2 N–H and O–H groups in total. The molecule has 1 unspecified atom stereocenters. The number of hydrogen-bond donors (Lipinski definition) is 1. The second kappa shape index (κ2) is 5.08. The van der Waals surface area contributed by atoms with Gasteiger partial charge in [-0.1, -0.05) is 36.4 Å². The van der Waals surface area contributed by atoms with Crippen molar-refractivity contribution in [2.75, 3.05) is 0 Å². The minimum atomic E-state index is -0.0559. The van der Waals surface area contributed by atoms with Gasteiger partial charge in [-0.3, -0.25) is 0 Å². The Balaban J connectivity index is 2.03. The van der Waals surface area contributed by atoms with E-state index < -0.39 is 0 Å². The molecule has 0 fully saturated rings. The largest absolute Gasteiger partial charge is 0.320 e. The van der Waals surface area contributed by atoms with Crippen molar-refractivity contribution in [3.05, 3.63) is 68.3 Å². The Morgan fingerprint density at radius 3 is 2.47 bits per heavy atom. The third-order valence-electron chi connectivity index (χ3n) is 3.32. The molecule has 1 nitrogen and oxygen atoms in total. The number of halogens is 1. The van der Waals surface area contributed by atoms with Crippen molar-refractivity contribution >= 4 is 38.0 Å². The van der Waals surface area contributed by atoms with Crippen LogP contribution in [0.3, 0.4) is 0 Å². The van der Waals surface area contributed by atoms with Crippen LogP contribution in [0.4, 0.5) is 0 Å². The molecule has 3 aromatic rings. The van der Waals surface area contributed by atoms with Gasteiger partial charge in [-0.25, -0.2) is 0 Å². The van der Waals surface area contributed by atoms with Gasteiger partial charge in [0.05, 0.1) is 9.83 Å². The number of fused-ring (bicyclic) bond motifs is 1. The molecule has 1 atom stereocenters. The molecule has 0 aliphatic carbocycles. The van der Waals surface area contributed by atoms with Gasteiger partial charge in [0.15, 0.2) is 0 Å². The Labute approximate surface area is 125 Å². The number of rotatable bonds is 2. The van der Waals surface area contributed by atoms with E-state index in [1.54, 1.807) is 11.3 Å². The summed E-state index contributed by atoms with van der Waals surface area (Å²) in [5.41, 5.74) is 8.79. The van der Waals surface area contributed by atoms with Crippen LogP contribution in [0.25, 0.3) is 10.8 Å². The van der Waals surface area contributed by atoms with Gasteiger partial charge in [-0.2, -0.15) is 0 Å². The lowest BCUT2D eigenvalue weighted by atomic mass is 10.0. The number of thiophene rings is 1. The summed E-state index contributed by atoms with van der Waals surface area (Å²) in [7, 11) is 0. The van der Waals surface area contributed by atoms with Crippen molar-refractivity contribution in [2.45, 2.75) is 13.0 Å². The molecule has 3 rings (SSSR count). The van der Waals surface area contributed by atoms with Crippen LogP contribution in [0.2, 0.25) is 0 Å². The summed E-state index contributed by atoms with van der Waals surface area (Å²) in [6.45, 7) is 2.09. The SMILES string of the molecule is Cc1cc(C(N)c2ccc3ccccc3c2)sc1Br. The van der Waals surface area contributed by atoms with Crippen molar-refractivity contribution in [2.24, 2.45) is 5.73 Å². The van der Waals surface area contributed by atoms with Crippen LogP contribution in [0.5, 0.6) is 0 Å². The van der Waals surface area contributed by atoms with Crippen molar-refractivity contribution in [1.29, 1.82) is 0 Å². The van der Waals surface area contributed by atoms with E-state index in [9.17, 15) is 0 Å². The molecular formula is C16H14BrNS. The number of benzene rings is 2. The van der Waals surface area contributed by atoms with Crippen LogP contribution < -0.4 is 5.73 Å². The molecular weight excluding hydrogens is 318 g/mol. The Morgan fingerprint density at radius 2 is 1.79 bits per heavy atom. The molecule has 0 saturated heterocycles. The van der Waals surface area contributed by atoms with Gasteiger partial charge >= 0.3 is 0 Å². The van der Waals surface area contributed by atoms with Crippen LogP contribution in [0.15, 0.2) is 52.3 Å². The van der Waals surface area contributed by atoms with E-state index in [2.05, 4.69) is 71.4 Å². The molecule has 1 heterocycles. The molecule has 0 aliphatic rings. The summed E-state index contributed by atoms with van der Waals surface area (Å²) in [4.78, 5) is 1.19. The van der Waals surface area contributed by atoms with E-state index in [1.807, 2.05) is 0 Å². The van der Waals surface area contributed by atoms with E-state index in [4.69, 9.17) is 5.73 Å². The fraction of sp³-hybridized carbons (Fsp3) is 0.125. The lowest BCUT2D eigenvalue weighted by Gasteiger charge is -2.11. The van der Waals surface area contributed by atoms with Crippen LogP contribution in [-0.4, -0.2) is 0 Å². The van der Waals surface area contributed by atoms with E-state index in [1.165, 1.54) is 25.0 Å². The van der Waals surface area contributed by atoms with Gasteiger partial charge in [0.2, 0.25) is 0 Å². The van der Waals surface area contributed by atoms with Crippen molar-refractivity contribution in [3.8, 4) is 0 Å². The molecule has 0 amide bonds. The topological polar surface area (TPSA) is 26.0 Å². The molecule has 0 spiro atoms. The molecule has 19 heavy (non-hydrogen) atoms. The molecule has 1 aromatic heterocycles. The smallest absolute Gasteiger partial charge is 0.0731 e. The first-order valence-corrected chi connectivity index (χ1v) is 7.76. The Morgan fingerprint density at radius 1 is 1.05 bits per heavy atom. The van der Waals surface area contributed by atoms with Gasteiger partial charge < -0.3 is 5.73 Å².